The first-order chi connectivity index (χ1) is 28.6. The highest BCUT2D eigenvalue weighted by Crippen LogP contribution is 2.30. The minimum Gasteiger partial charge on any atom is -0.448 e. The largest absolute Gasteiger partial charge is 0.448 e. The highest BCUT2D eigenvalue weighted by molar-refractivity contribution is 5.76. The summed E-state index contributed by atoms with van der Waals surface area (Å²) >= 11 is 0. The summed E-state index contributed by atoms with van der Waals surface area (Å²) in [4.78, 5) is 17.0. The van der Waals surface area contributed by atoms with Crippen LogP contribution >= 0.6 is 0 Å². The van der Waals surface area contributed by atoms with Gasteiger partial charge in [-0.05, 0) is 101 Å². The number of amides is 1. The van der Waals surface area contributed by atoms with Crippen molar-refractivity contribution in [2.45, 2.75) is 162 Å². The minimum atomic E-state index is -0.848. The molecule has 10 atom stereocenters. The van der Waals surface area contributed by atoms with Gasteiger partial charge in [0.25, 0.3) is 0 Å². The Labute approximate surface area is 361 Å². The molecule has 0 radical (unpaired) electrons. The van der Waals surface area contributed by atoms with E-state index in [4.69, 9.17) is 28.6 Å². The van der Waals surface area contributed by atoms with Crippen LogP contribution in [-0.4, -0.2) is 98.4 Å². The monoisotopic (exact) mass is 839 g/mol. The summed E-state index contributed by atoms with van der Waals surface area (Å²) in [7, 11) is 5.04. The molecule has 1 aliphatic rings. The number of carbonyl (C=O) groups is 1. The third-order valence-corrected chi connectivity index (χ3v) is 11.1. The van der Waals surface area contributed by atoms with E-state index in [0.29, 0.717) is 68.2 Å². The zero-order valence-electron chi connectivity index (χ0n) is 38.5. The number of aromatic nitrogens is 1. The zero-order chi connectivity index (χ0) is 44.6. The van der Waals surface area contributed by atoms with Gasteiger partial charge in [0.15, 0.2) is 12.2 Å². The van der Waals surface area contributed by atoms with E-state index in [9.17, 15) is 15.0 Å². The van der Waals surface area contributed by atoms with Crippen molar-refractivity contribution in [2.75, 3.05) is 34.4 Å². The summed E-state index contributed by atoms with van der Waals surface area (Å²) in [6, 6.07) is 1.74. The number of ether oxygens (including phenoxy) is 4. The maximum atomic E-state index is 12.3. The summed E-state index contributed by atoms with van der Waals surface area (Å²) < 4.78 is 30.0. The molecule has 4 N–H and O–H groups in total. The topological polar surface area (TPSA) is 168 Å². The second kappa shape index (κ2) is 29.0. The number of nitriles is 1. The van der Waals surface area contributed by atoms with Crippen LogP contribution in [0, 0.1) is 29.1 Å². The molecule has 0 aliphatic carbocycles. The molecule has 1 amide bonds. The van der Waals surface area contributed by atoms with E-state index in [0.717, 1.165) is 31.3 Å². The van der Waals surface area contributed by atoms with Crippen molar-refractivity contribution in [1.29, 1.82) is 5.26 Å². The SMILES string of the molecule is CNC(COC)C(O)CC(=O)NCCC(C)c1nc(/C=C/C[C@H]2CC(O)CC(OC(CC(C)C)C(CCC(C)CC(C)/C=C(C)/C(C)=C/C=C/C(C)=C/C#N)OC)O2)co1. The number of likely N-dealkylation sites (N-methyl/N-ethyl adjacent to an activating group) is 1. The molecule has 1 saturated heterocycles. The van der Waals surface area contributed by atoms with E-state index in [1.807, 2.05) is 38.2 Å². The molecule has 0 bridgehead atoms. The van der Waals surface area contributed by atoms with E-state index < -0.39 is 18.5 Å². The van der Waals surface area contributed by atoms with Crippen LogP contribution in [0.3, 0.4) is 0 Å². The van der Waals surface area contributed by atoms with Crippen molar-refractivity contribution in [2.24, 2.45) is 17.8 Å². The lowest BCUT2D eigenvalue weighted by Gasteiger charge is -2.37. The van der Waals surface area contributed by atoms with Crippen LogP contribution < -0.4 is 10.6 Å². The van der Waals surface area contributed by atoms with Crippen molar-refractivity contribution < 1.29 is 38.4 Å². The number of oxazole rings is 1. The minimum absolute atomic E-state index is 0.0143. The summed E-state index contributed by atoms with van der Waals surface area (Å²) in [5, 5.41) is 35.8. The van der Waals surface area contributed by atoms with Crippen molar-refractivity contribution in [1.82, 2.24) is 15.6 Å². The molecule has 0 saturated carbocycles. The molecule has 12 heteroatoms. The van der Waals surface area contributed by atoms with Gasteiger partial charge in [0, 0.05) is 45.6 Å². The number of methoxy groups -OCH3 is 2. The summed E-state index contributed by atoms with van der Waals surface area (Å²) in [6.45, 7) is 17.9. The molecular weight excluding hydrogens is 761 g/mol. The van der Waals surface area contributed by atoms with Gasteiger partial charge in [-0.2, -0.15) is 5.26 Å². The number of aliphatic hydroxyl groups is 2. The van der Waals surface area contributed by atoms with Gasteiger partial charge >= 0.3 is 0 Å². The molecule has 338 valence electrons. The van der Waals surface area contributed by atoms with Crippen molar-refractivity contribution in [3.8, 4) is 6.07 Å². The van der Waals surface area contributed by atoms with E-state index in [2.05, 4.69) is 75.4 Å². The molecule has 1 fully saturated rings. The molecule has 1 aromatic rings. The normalized spacial score (nSPS) is 21.8. The second-order valence-corrected chi connectivity index (χ2v) is 17.3. The fraction of sp³-hybridized carbons (Fsp3) is 0.688. The molecule has 1 aliphatic heterocycles. The van der Waals surface area contributed by atoms with Crippen LogP contribution in [0.1, 0.15) is 131 Å². The van der Waals surface area contributed by atoms with Gasteiger partial charge in [-0.15, -0.1) is 0 Å². The first-order valence-electron chi connectivity index (χ1n) is 21.9. The van der Waals surface area contributed by atoms with Gasteiger partial charge in [0.2, 0.25) is 5.91 Å². The van der Waals surface area contributed by atoms with Crippen molar-refractivity contribution in [3.05, 3.63) is 71.0 Å². The first kappa shape index (κ1) is 52.7. The molecule has 2 rings (SSSR count). The van der Waals surface area contributed by atoms with Crippen LogP contribution in [0.15, 0.2) is 63.9 Å². The maximum Gasteiger partial charge on any atom is 0.222 e. The number of nitrogens with zero attached hydrogens (tertiary/aromatic N) is 2. The molecule has 12 nitrogen and oxygen atoms in total. The van der Waals surface area contributed by atoms with E-state index in [-0.39, 0.29) is 42.6 Å². The molecular formula is C48H78N4O8. The van der Waals surface area contributed by atoms with E-state index >= 15 is 0 Å². The molecule has 0 aromatic carbocycles. The highest BCUT2D eigenvalue weighted by Gasteiger charge is 2.33. The molecule has 1 aromatic heterocycles. The summed E-state index contributed by atoms with van der Waals surface area (Å²) in [6.07, 6.45) is 19.0. The number of aliphatic hydroxyl groups excluding tert-OH is 2. The quantitative estimate of drug-likeness (QED) is 0.0473. The van der Waals surface area contributed by atoms with Crippen LogP contribution in [-0.2, 0) is 23.7 Å². The van der Waals surface area contributed by atoms with Crippen molar-refractivity contribution >= 4 is 12.0 Å². The Hall–Kier alpha value is -3.41. The zero-order valence-corrected chi connectivity index (χ0v) is 38.5. The van der Waals surface area contributed by atoms with Crippen LogP contribution in [0.25, 0.3) is 6.08 Å². The fourth-order valence-corrected chi connectivity index (χ4v) is 7.52. The average Bonchev–Trinajstić information content (AvgIpc) is 3.65. The predicted octanol–water partition coefficient (Wildman–Crippen LogP) is 8.35. The Morgan fingerprint density at radius 1 is 1.07 bits per heavy atom. The third-order valence-electron chi connectivity index (χ3n) is 11.1. The standard InChI is InChI=1S/C48H78N4O8/c1-32(2)24-45(44(57-11)19-18-34(4)25-35(5)26-38(8)36(6)15-12-14-33(3)20-22-49)60-47-28-40(53)27-41(59-47)17-13-16-39-30-58-48(52-39)37(7)21-23-51-46(55)29-43(54)42(50-9)31-56-10/h12-16,20,26,30,32,34-35,37,40-45,47,50,53-54H,17-19,21,23-25,27-29,31H2,1-11H3,(H,51,55)/b14-12+,16-13+,33-20+,36-15+,38-26+/t34?,35?,37?,40?,41-,42?,43?,44?,45?,47?/m0/s1. The lowest BCUT2D eigenvalue weighted by atomic mass is 9.89. The number of allylic oxidation sites excluding steroid dienone is 8. The number of carbonyl (C=O) groups excluding carboxylic acids is 1. The number of hydrogen-bond acceptors (Lipinski definition) is 11. The number of rotatable bonds is 28. The van der Waals surface area contributed by atoms with Gasteiger partial charge in [-0.3, -0.25) is 4.79 Å². The fourth-order valence-electron chi connectivity index (χ4n) is 7.52. The van der Waals surface area contributed by atoms with Gasteiger partial charge in [-0.25, -0.2) is 4.98 Å². The smallest absolute Gasteiger partial charge is 0.222 e. The van der Waals surface area contributed by atoms with Crippen LogP contribution in [0.2, 0.25) is 0 Å². The van der Waals surface area contributed by atoms with Gasteiger partial charge in [0.1, 0.15) is 12.0 Å². The average molecular weight is 839 g/mol. The highest BCUT2D eigenvalue weighted by atomic mass is 16.7. The Morgan fingerprint density at radius 2 is 1.82 bits per heavy atom. The Bertz CT molecular complexity index is 1580. The van der Waals surface area contributed by atoms with E-state index in [1.54, 1.807) is 27.5 Å². The van der Waals surface area contributed by atoms with Crippen molar-refractivity contribution in [3.63, 3.8) is 0 Å². The maximum absolute atomic E-state index is 12.3. The molecule has 60 heavy (non-hydrogen) atoms. The molecule has 9 unspecified atom stereocenters. The van der Waals surface area contributed by atoms with E-state index in [1.165, 1.54) is 17.2 Å². The summed E-state index contributed by atoms with van der Waals surface area (Å²) in [5.41, 5.74) is 4.09. The predicted molar refractivity (Wildman–Crippen MR) is 239 cm³/mol. The Morgan fingerprint density at radius 3 is 2.48 bits per heavy atom. The van der Waals surface area contributed by atoms with Crippen LogP contribution in [0.4, 0.5) is 0 Å². The number of nitrogens with one attached hydrogen (secondary N) is 2. The first-order valence-corrected chi connectivity index (χ1v) is 21.9. The lowest BCUT2D eigenvalue weighted by Crippen LogP contribution is -2.43. The van der Waals surface area contributed by atoms with Crippen LogP contribution in [0.5, 0.6) is 0 Å². The Balaban J connectivity index is 1.90. The second-order valence-electron chi connectivity index (χ2n) is 17.3. The molecule has 2 heterocycles. The molecule has 0 spiro atoms. The Kier molecular flexibility index (Phi) is 25.5. The summed E-state index contributed by atoms with van der Waals surface area (Å²) in [5.74, 6) is 1.65. The van der Waals surface area contributed by atoms with Gasteiger partial charge < -0.3 is 44.2 Å². The third kappa shape index (κ3) is 20.9. The number of hydrogen-bond donors (Lipinski definition) is 4. The lowest BCUT2D eigenvalue weighted by molar-refractivity contribution is -0.249. The van der Waals surface area contributed by atoms with Gasteiger partial charge in [-0.1, -0.05) is 70.6 Å². The van der Waals surface area contributed by atoms with Gasteiger partial charge in [0.05, 0.1) is 55.7 Å².